The predicted octanol–water partition coefficient (Wildman–Crippen LogP) is -2.52. The molecule has 0 spiro atoms. The zero-order chi connectivity index (χ0) is 28.1. The first-order valence-corrected chi connectivity index (χ1v) is 11.4. The molecular weight excluding hydrogens is 490 g/mol. The van der Waals surface area contributed by atoms with Gasteiger partial charge in [-0.05, 0) is 25.8 Å². The summed E-state index contributed by atoms with van der Waals surface area (Å²) in [4.78, 5) is 71.7. The van der Waals surface area contributed by atoms with E-state index in [1.165, 1.54) is 13.8 Å². The van der Waals surface area contributed by atoms with Crippen LogP contribution in [-0.2, 0) is 35.2 Å². The molecule has 37 heavy (non-hydrogen) atoms. The van der Waals surface area contributed by atoms with Gasteiger partial charge in [0.15, 0.2) is 0 Å². The van der Waals surface area contributed by atoms with E-state index in [-0.39, 0.29) is 19.3 Å². The number of amides is 4. The van der Waals surface area contributed by atoms with Crippen molar-refractivity contribution in [3.63, 3.8) is 0 Å². The zero-order valence-corrected chi connectivity index (χ0v) is 20.5. The summed E-state index contributed by atoms with van der Waals surface area (Å²) in [5.41, 5.74) is 6.26. The summed E-state index contributed by atoms with van der Waals surface area (Å²) in [6.07, 6.45) is -0.495. The SMILES string of the molecule is C[C@H](NC(=O)[C@H](Cc1ccccc1)NC(=O)[C@H](CO)NC(=O)[C@H](C)NC(=O)[C@@H](N)CCC(=O)O)C(=O)O. The van der Waals surface area contributed by atoms with Crippen molar-refractivity contribution in [1.29, 1.82) is 0 Å². The van der Waals surface area contributed by atoms with Gasteiger partial charge in [-0.25, -0.2) is 0 Å². The highest BCUT2D eigenvalue weighted by Crippen LogP contribution is 2.05. The van der Waals surface area contributed by atoms with Crippen molar-refractivity contribution < 1.29 is 44.1 Å². The van der Waals surface area contributed by atoms with Gasteiger partial charge < -0.3 is 42.3 Å². The van der Waals surface area contributed by atoms with Crippen LogP contribution in [0.1, 0.15) is 32.3 Å². The first kappa shape index (κ1) is 31.0. The van der Waals surface area contributed by atoms with Crippen LogP contribution in [0.3, 0.4) is 0 Å². The first-order chi connectivity index (χ1) is 17.3. The second kappa shape index (κ2) is 15.2. The minimum Gasteiger partial charge on any atom is -0.481 e. The van der Waals surface area contributed by atoms with Crippen molar-refractivity contribution in [1.82, 2.24) is 21.3 Å². The molecule has 1 aromatic carbocycles. The Bertz CT molecular complexity index is 973. The normalized spacial score (nSPS) is 14.7. The number of nitrogens with one attached hydrogen (secondary N) is 4. The van der Waals surface area contributed by atoms with Crippen molar-refractivity contribution in [2.45, 2.75) is 63.3 Å². The molecule has 0 heterocycles. The Kier molecular flexibility index (Phi) is 12.7. The Morgan fingerprint density at radius 3 is 1.86 bits per heavy atom. The monoisotopic (exact) mass is 523 g/mol. The second-order valence-electron chi connectivity index (χ2n) is 8.33. The molecule has 0 aliphatic rings. The average molecular weight is 524 g/mol. The van der Waals surface area contributed by atoms with Gasteiger partial charge in [0, 0.05) is 12.8 Å². The lowest BCUT2D eigenvalue weighted by molar-refractivity contribution is -0.142. The van der Waals surface area contributed by atoms with Crippen molar-refractivity contribution in [2.75, 3.05) is 6.61 Å². The lowest BCUT2D eigenvalue weighted by Gasteiger charge is -2.24. The molecule has 1 aromatic rings. The van der Waals surface area contributed by atoms with Crippen molar-refractivity contribution >= 4 is 35.6 Å². The predicted molar refractivity (Wildman–Crippen MR) is 129 cm³/mol. The molecule has 0 aliphatic heterocycles. The number of rotatable bonds is 15. The highest BCUT2D eigenvalue weighted by Gasteiger charge is 2.30. The highest BCUT2D eigenvalue weighted by molar-refractivity contribution is 5.95. The van der Waals surface area contributed by atoms with Crippen LogP contribution in [0.25, 0.3) is 0 Å². The van der Waals surface area contributed by atoms with E-state index in [1.54, 1.807) is 30.3 Å². The smallest absolute Gasteiger partial charge is 0.325 e. The van der Waals surface area contributed by atoms with E-state index >= 15 is 0 Å². The molecule has 4 amide bonds. The maximum atomic E-state index is 12.8. The van der Waals surface area contributed by atoms with Crippen LogP contribution in [-0.4, -0.2) is 87.7 Å². The molecular formula is C23H33N5O9. The molecule has 1 rings (SSSR count). The molecule has 0 unspecified atom stereocenters. The van der Waals surface area contributed by atoms with Crippen LogP contribution in [0.4, 0.5) is 0 Å². The van der Waals surface area contributed by atoms with Crippen LogP contribution in [0.5, 0.6) is 0 Å². The van der Waals surface area contributed by atoms with E-state index < -0.39 is 72.4 Å². The number of carbonyl (C=O) groups is 6. The average Bonchev–Trinajstić information content (AvgIpc) is 2.85. The second-order valence-corrected chi connectivity index (χ2v) is 8.33. The fourth-order valence-electron chi connectivity index (χ4n) is 2.99. The topological polar surface area (TPSA) is 237 Å². The lowest BCUT2D eigenvalue weighted by atomic mass is 10.0. The molecule has 14 heteroatoms. The Hall–Kier alpha value is -4.04. The molecule has 0 bridgehead atoms. The zero-order valence-electron chi connectivity index (χ0n) is 20.5. The summed E-state index contributed by atoms with van der Waals surface area (Å²) in [5, 5.41) is 36.6. The maximum Gasteiger partial charge on any atom is 0.325 e. The summed E-state index contributed by atoms with van der Waals surface area (Å²) in [6, 6.07) is 2.25. The van der Waals surface area contributed by atoms with Gasteiger partial charge in [-0.3, -0.25) is 28.8 Å². The molecule has 0 saturated carbocycles. The maximum absolute atomic E-state index is 12.8. The van der Waals surface area contributed by atoms with Gasteiger partial charge in [0.2, 0.25) is 23.6 Å². The third-order valence-corrected chi connectivity index (χ3v) is 5.22. The number of hydrogen-bond acceptors (Lipinski definition) is 8. The van der Waals surface area contributed by atoms with Gasteiger partial charge in [-0.2, -0.15) is 0 Å². The summed E-state index contributed by atoms with van der Waals surface area (Å²) in [7, 11) is 0. The van der Waals surface area contributed by atoms with Gasteiger partial charge in [0.1, 0.15) is 24.2 Å². The largest absolute Gasteiger partial charge is 0.481 e. The molecule has 204 valence electrons. The summed E-state index contributed by atoms with van der Waals surface area (Å²) >= 11 is 0. The van der Waals surface area contributed by atoms with Crippen LogP contribution in [0.15, 0.2) is 30.3 Å². The standard InChI is InChI=1S/C23H33N5O9/c1-12(25-20(33)15(24)8-9-18(30)31)19(32)28-17(11-29)22(35)27-16(10-14-6-4-3-5-7-14)21(34)26-13(2)23(36)37/h3-7,12-13,15-17,29H,8-11,24H2,1-2H3,(H,25,33)(H,26,34)(H,27,35)(H,28,32)(H,30,31)(H,36,37)/t12-,13-,15-,16-,17-/m0/s1. The molecule has 5 atom stereocenters. The van der Waals surface area contributed by atoms with E-state index in [0.29, 0.717) is 5.56 Å². The fraction of sp³-hybridized carbons (Fsp3) is 0.478. The van der Waals surface area contributed by atoms with E-state index in [0.717, 1.165) is 0 Å². The van der Waals surface area contributed by atoms with Gasteiger partial charge in [-0.15, -0.1) is 0 Å². The van der Waals surface area contributed by atoms with Gasteiger partial charge in [-0.1, -0.05) is 30.3 Å². The number of aliphatic hydroxyl groups excluding tert-OH is 1. The van der Waals surface area contributed by atoms with Crippen LogP contribution in [0.2, 0.25) is 0 Å². The van der Waals surface area contributed by atoms with Gasteiger partial charge >= 0.3 is 11.9 Å². The Morgan fingerprint density at radius 1 is 0.784 bits per heavy atom. The number of carbonyl (C=O) groups excluding carboxylic acids is 4. The minimum absolute atomic E-state index is 0.00244. The molecule has 0 aromatic heterocycles. The number of carboxylic acid groups (broad SMARTS) is 2. The molecule has 14 nitrogen and oxygen atoms in total. The Labute approximate surface area is 213 Å². The van der Waals surface area contributed by atoms with E-state index in [2.05, 4.69) is 21.3 Å². The summed E-state index contributed by atoms with van der Waals surface area (Å²) in [6.45, 7) is 1.70. The molecule has 9 N–H and O–H groups in total. The van der Waals surface area contributed by atoms with Crippen molar-refractivity contribution in [3.05, 3.63) is 35.9 Å². The van der Waals surface area contributed by atoms with Crippen LogP contribution >= 0.6 is 0 Å². The summed E-state index contributed by atoms with van der Waals surface area (Å²) in [5.74, 6) is -5.75. The third-order valence-electron chi connectivity index (χ3n) is 5.22. The van der Waals surface area contributed by atoms with Crippen molar-refractivity contribution in [2.24, 2.45) is 5.73 Å². The van der Waals surface area contributed by atoms with E-state index in [9.17, 15) is 33.9 Å². The Morgan fingerprint density at radius 2 is 1.32 bits per heavy atom. The molecule has 0 aliphatic carbocycles. The van der Waals surface area contributed by atoms with Gasteiger partial charge in [0.25, 0.3) is 0 Å². The molecule has 0 radical (unpaired) electrons. The number of aliphatic carboxylic acids is 2. The number of nitrogens with two attached hydrogens (primary N) is 1. The Balaban J connectivity index is 2.85. The van der Waals surface area contributed by atoms with Gasteiger partial charge in [0.05, 0.1) is 12.6 Å². The van der Waals surface area contributed by atoms with E-state index in [1.807, 2.05) is 0 Å². The number of hydrogen-bond donors (Lipinski definition) is 8. The van der Waals surface area contributed by atoms with E-state index in [4.69, 9.17) is 15.9 Å². The lowest BCUT2D eigenvalue weighted by Crippen LogP contribution is -2.59. The number of benzene rings is 1. The number of carboxylic acids is 2. The summed E-state index contributed by atoms with van der Waals surface area (Å²) < 4.78 is 0. The molecule has 0 saturated heterocycles. The number of aliphatic hydroxyl groups is 1. The highest BCUT2D eigenvalue weighted by atomic mass is 16.4. The minimum atomic E-state index is -1.50. The quantitative estimate of drug-likeness (QED) is 0.120. The van der Waals surface area contributed by atoms with Crippen molar-refractivity contribution in [3.8, 4) is 0 Å². The third kappa shape index (κ3) is 11.0. The first-order valence-electron chi connectivity index (χ1n) is 11.4. The van der Waals surface area contributed by atoms with Crippen LogP contribution < -0.4 is 27.0 Å². The fourth-order valence-corrected chi connectivity index (χ4v) is 2.99. The van der Waals surface area contributed by atoms with Crippen LogP contribution in [0, 0.1) is 0 Å². The molecule has 0 fully saturated rings.